The van der Waals surface area contributed by atoms with E-state index >= 15 is 0 Å². The minimum atomic E-state index is -1.36. The molecule has 0 saturated heterocycles. The summed E-state index contributed by atoms with van der Waals surface area (Å²) in [7, 11) is 0. The van der Waals surface area contributed by atoms with E-state index in [0.29, 0.717) is 5.56 Å². The molecule has 0 bridgehead atoms. The van der Waals surface area contributed by atoms with Crippen LogP contribution in [0.4, 0.5) is 0 Å². The maximum atomic E-state index is 12.8. The van der Waals surface area contributed by atoms with Crippen molar-refractivity contribution in [2.45, 2.75) is 44.0 Å². The summed E-state index contributed by atoms with van der Waals surface area (Å²) < 4.78 is 0. The number of aliphatic hydroxyl groups excluding tert-OH is 1. The average Bonchev–Trinajstić information content (AvgIpc) is 2.90. The molecule has 2 aromatic carbocycles. The highest BCUT2D eigenvalue weighted by Gasteiger charge is 2.28. The Bertz CT molecular complexity index is 1140. The summed E-state index contributed by atoms with van der Waals surface area (Å²) in [6.07, 6.45) is -1.01. The summed E-state index contributed by atoms with van der Waals surface area (Å²) in [5, 5.41) is 28.6. The summed E-state index contributed by atoms with van der Waals surface area (Å²) in [5.74, 6) is -3.56. The van der Waals surface area contributed by atoms with Crippen molar-refractivity contribution in [1.82, 2.24) is 21.3 Å². The summed E-state index contributed by atoms with van der Waals surface area (Å²) in [6, 6.07) is 11.5. The van der Waals surface area contributed by atoms with E-state index in [2.05, 4.69) is 21.3 Å². The molecule has 210 valence electrons. The molecule has 10 N–H and O–H groups in total. The molecule has 2 aromatic rings. The number of hydrogen-bond donors (Lipinski definition) is 8. The zero-order chi connectivity index (χ0) is 28.9. The third kappa shape index (κ3) is 10.8. The number of amides is 5. The fraction of sp³-hybridized carbons (Fsp3) is 0.346. The van der Waals surface area contributed by atoms with E-state index in [1.807, 2.05) is 0 Å². The van der Waals surface area contributed by atoms with Crippen LogP contribution < -0.4 is 32.7 Å². The summed E-state index contributed by atoms with van der Waals surface area (Å²) in [6.45, 7) is 0.357. The van der Waals surface area contributed by atoms with E-state index < -0.39 is 66.9 Å². The van der Waals surface area contributed by atoms with E-state index in [1.54, 1.807) is 42.5 Å². The number of primary amides is 1. The number of hydrogen-bond acceptors (Lipinski definition) is 8. The van der Waals surface area contributed by atoms with Crippen LogP contribution in [-0.2, 0) is 36.8 Å². The third-order valence-electron chi connectivity index (χ3n) is 5.62. The topological polar surface area (TPSA) is 226 Å². The lowest BCUT2D eigenvalue weighted by atomic mass is 10.0. The van der Waals surface area contributed by atoms with Gasteiger partial charge in [-0.05, 0) is 36.6 Å². The molecule has 0 radical (unpaired) electrons. The molecule has 4 atom stereocenters. The molecule has 0 aliphatic carbocycles. The van der Waals surface area contributed by atoms with Crippen LogP contribution >= 0.6 is 0 Å². The molecule has 0 aliphatic heterocycles. The molecule has 0 saturated carbocycles. The van der Waals surface area contributed by atoms with E-state index in [0.717, 1.165) is 5.56 Å². The Morgan fingerprint density at radius 1 is 0.795 bits per heavy atom. The van der Waals surface area contributed by atoms with Gasteiger partial charge in [0.25, 0.3) is 0 Å². The van der Waals surface area contributed by atoms with Crippen LogP contribution in [0.2, 0.25) is 0 Å². The normalized spacial score (nSPS) is 13.7. The van der Waals surface area contributed by atoms with Crippen molar-refractivity contribution in [3.63, 3.8) is 0 Å². The molecule has 0 heterocycles. The van der Waals surface area contributed by atoms with Crippen molar-refractivity contribution in [3.05, 3.63) is 65.7 Å². The van der Waals surface area contributed by atoms with Gasteiger partial charge < -0.3 is 42.9 Å². The maximum absolute atomic E-state index is 12.8. The number of nitrogens with one attached hydrogen (secondary N) is 4. The lowest BCUT2D eigenvalue weighted by Gasteiger charge is -2.23. The number of benzene rings is 2. The van der Waals surface area contributed by atoms with E-state index in [4.69, 9.17) is 11.5 Å². The van der Waals surface area contributed by atoms with Gasteiger partial charge >= 0.3 is 0 Å². The van der Waals surface area contributed by atoms with Gasteiger partial charge in [-0.3, -0.25) is 24.0 Å². The summed E-state index contributed by atoms with van der Waals surface area (Å²) in [4.78, 5) is 61.2. The van der Waals surface area contributed by atoms with Gasteiger partial charge in [0.05, 0.1) is 25.2 Å². The lowest BCUT2D eigenvalue weighted by molar-refractivity contribution is -0.133. The minimum Gasteiger partial charge on any atom is -0.508 e. The molecule has 13 nitrogen and oxygen atoms in total. The van der Waals surface area contributed by atoms with Crippen LogP contribution in [0.25, 0.3) is 0 Å². The minimum absolute atomic E-state index is 0.0621. The van der Waals surface area contributed by atoms with Gasteiger partial charge in [-0.25, -0.2) is 0 Å². The van der Waals surface area contributed by atoms with Crippen LogP contribution in [-0.4, -0.2) is 77.1 Å². The van der Waals surface area contributed by atoms with E-state index in [-0.39, 0.29) is 18.6 Å². The van der Waals surface area contributed by atoms with Gasteiger partial charge in [-0.15, -0.1) is 0 Å². The Kier molecular flexibility index (Phi) is 11.9. The number of phenolic OH excluding ortho intramolecular Hbond substituents is 1. The second-order valence-corrected chi connectivity index (χ2v) is 8.91. The van der Waals surface area contributed by atoms with Crippen LogP contribution in [0, 0.1) is 0 Å². The molecule has 0 unspecified atom stereocenters. The Labute approximate surface area is 225 Å². The van der Waals surface area contributed by atoms with Crippen molar-refractivity contribution in [3.8, 4) is 5.75 Å². The highest BCUT2D eigenvalue weighted by atomic mass is 16.3. The van der Waals surface area contributed by atoms with Crippen LogP contribution in [0.1, 0.15) is 18.1 Å². The Hall–Kier alpha value is -4.49. The molecular weight excluding hydrogens is 508 g/mol. The molecule has 2 rings (SSSR count). The summed E-state index contributed by atoms with van der Waals surface area (Å²) in [5.41, 5.74) is 12.5. The molecule has 13 heteroatoms. The molecule has 0 fully saturated rings. The van der Waals surface area contributed by atoms with Crippen molar-refractivity contribution in [2.24, 2.45) is 11.5 Å². The predicted octanol–water partition coefficient (Wildman–Crippen LogP) is -2.43. The molecule has 0 spiro atoms. The first-order valence-corrected chi connectivity index (χ1v) is 12.1. The SMILES string of the molecule is C[C@@H](O)[C@H](NC(=O)[C@H](Cc1ccccc1)NC(=O)CNC(=O)CNC(=O)[C@@H](N)Cc1ccc(O)cc1)C(N)=O. The van der Waals surface area contributed by atoms with Gasteiger partial charge in [0.15, 0.2) is 0 Å². The van der Waals surface area contributed by atoms with Crippen molar-refractivity contribution < 1.29 is 34.2 Å². The number of phenols is 1. The number of rotatable bonds is 14. The first-order chi connectivity index (χ1) is 18.5. The molecule has 0 aromatic heterocycles. The van der Waals surface area contributed by atoms with Crippen molar-refractivity contribution in [1.29, 1.82) is 0 Å². The van der Waals surface area contributed by atoms with Crippen LogP contribution in [0.3, 0.4) is 0 Å². The van der Waals surface area contributed by atoms with Gasteiger partial charge in [-0.1, -0.05) is 42.5 Å². The van der Waals surface area contributed by atoms with E-state index in [1.165, 1.54) is 19.1 Å². The monoisotopic (exact) mass is 542 g/mol. The Balaban J connectivity index is 1.88. The number of aliphatic hydroxyl groups is 1. The molecule has 39 heavy (non-hydrogen) atoms. The van der Waals surface area contributed by atoms with Gasteiger partial charge in [0.2, 0.25) is 29.5 Å². The largest absolute Gasteiger partial charge is 0.508 e. The van der Waals surface area contributed by atoms with Crippen LogP contribution in [0.15, 0.2) is 54.6 Å². The second kappa shape index (κ2) is 15.1. The van der Waals surface area contributed by atoms with Gasteiger partial charge in [-0.2, -0.15) is 0 Å². The Morgan fingerprint density at radius 3 is 1.97 bits per heavy atom. The first kappa shape index (κ1) is 30.7. The molecule has 5 amide bonds. The quantitative estimate of drug-likeness (QED) is 0.128. The number of aromatic hydroxyl groups is 1. The Morgan fingerprint density at radius 2 is 1.38 bits per heavy atom. The highest BCUT2D eigenvalue weighted by Crippen LogP contribution is 2.11. The molecular formula is C26H34N6O7. The summed E-state index contributed by atoms with van der Waals surface area (Å²) >= 11 is 0. The standard InChI is InChI=1S/C26H34N6O7/c1-15(33)23(24(28)37)32-26(39)20(12-16-5-3-2-4-6-16)31-22(36)14-29-21(35)13-30-25(38)19(27)11-17-7-9-18(34)10-8-17/h2-10,15,19-20,23,33-34H,11-14,27H2,1H3,(H2,28,37)(H,29,35)(H,30,38)(H,31,36)(H,32,39)/t15-,19+,20+,23+/m1/s1. The van der Waals surface area contributed by atoms with Gasteiger partial charge in [0, 0.05) is 6.42 Å². The zero-order valence-corrected chi connectivity index (χ0v) is 21.4. The van der Waals surface area contributed by atoms with Crippen molar-refractivity contribution >= 4 is 29.5 Å². The van der Waals surface area contributed by atoms with Crippen LogP contribution in [0.5, 0.6) is 5.75 Å². The zero-order valence-electron chi connectivity index (χ0n) is 21.4. The number of carbonyl (C=O) groups is 5. The lowest BCUT2D eigenvalue weighted by Crippen LogP contribution is -2.57. The smallest absolute Gasteiger partial charge is 0.243 e. The molecule has 0 aliphatic rings. The van der Waals surface area contributed by atoms with Gasteiger partial charge in [0.1, 0.15) is 17.8 Å². The number of nitrogens with two attached hydrogens (primary N) is 2. The average molecular weight is 543 g/mol. The first-order valence-electron chi connectivity index (χ1n) is 12.1. The van der Waals surface area contributed by atoms with E-state index in [9.17, 15) is 34.2 Å². The highest BCUT2D eigenvalue weighted by molar-refractivity contribution is 5.93. The van der Waals surface area contributed by atoms with Crippen molar-refractivity contribution in [2.75, 3.05) is 13.1 Å². The third-order valence-corrected chi connectivity index (χ3v) is 5.62. The maximum Gasteiger partial charge on any atom is 0.243 e. The number of carbonyl (C=O) groups excluding carboxylic acids is 5. The fourth-order valence-electron chi connectivity index (χ4n) is 3.51. The fourth-order valence-corrected chi connectivity index (χ4v) is 3.51. The second-order valence-electron chi connectivity index (χ2n) is 8.91. The predicted molar refractivity (Wildman–Crippen MR) is 141 cm³/mol.